The summed E-state index contributed by atoms with van der Waals surface area (Å²) >= 11 is 13.5. The van der Waals surface area contributed by atoms with Crippen molar-refractivity contribution in [3.8, 4) is 0 Å². The maximum absolute atomic E-state index is 6.00. The summed E-state index contributed by atoms with van der Waals surface area (Å²) in [5.74, 6) is 0. The Bertz CT molecular complexity index is 438. The Morgan fingerprint density at radius 1 is 1.42 bits per heavy atom. The van der Waals surface area contributed by atoms with Crippen LogP contribution in [0.2, 0.25) is 5.02 Å². The Balaban J connectivity index is 2.92. The average molecular weight is 373 g/mol. The van der Waals surface area contributed by atoms with Crippen LogP contribution < -0.4 is 0 Å². The van der Waals surface area contributed by atoms with Gasteiger partial charge in [-0.25, -0.2) is 0 Å². The molecule has 0 spiro atoms. The Labute approximate surface area is 101 Å². The molecule has 2 rings (SSSR count). The molecular weight excluding hydrogens is 370 g/mol. The number of halogens is 3. The lowest BCUT2D eigenvalue weighted by Crippen LogP contribution is -1.71. The summed E-state index contributed by atoms with van der Waals surface area (Å²) in [4.78, 5) is 0. The minimum Gasteiger partial charge on any atom is -0.141 e. The molecule has 0 amide bonds. The van der Waals surface area contributed by atoms with Crippen molar-refractivity contribution in [2.75, 3.05) is 0 Å². The summed E-state index contributed by atoms with van der Waals surface area (Å²) in [6.45, 7) is 0. The first-order valence-electron chi connectivity index (χ1n) is 3.20. The van der Waals surface area contributed by atoms with Crippen LogP contribution >= 0.6 is 61.5 Å². The van der Waals surface area contributed by atoms with Crippen molar-refractivity contribution in [3.05, 3.63) is 30.6 Å². The van der Waals surface area contributed by atoms with Crippen LogP contribution in [0.1, 0.15) is 0 Å². The molecule has 0 aliphatic heterocycles. The summed E-state index contributed by atoms with van der Waals surface area (Å²) in [7, 11) is 0. The van der Waals surface area contributed by atoms with Crippen LogP contribution in [-0.4, -0.2) is 0 Å². The van der Waals surface area contributed by atoms with E-state index in [-0.39, 0.29) is 0 Å². The first-order valence-corrected chi connectivity index (χ1v) is 6.33. The monoisotopic (exact) mass is 372 g/mol. The Morgan fingerprint density at radius 2 is 2.17 bits per heavy atom. The van der Waals surface area contributed by atoms with Gasteiger partial charge in [-0.1, -0.05) is 11.6 Å². The van der Waals surface area contributed by atoms with Gasteiger partial charge in [-0.3, -0.25) is 0 Å². The quantitative estimate of drug-likeness (QED) is 0.575. The van der Waals surface area contributed by atoms with E-state index >= 15 is 0 Å². The van der Waals surface area contributed by atoms with Crippen molar-refractivity contribution in [1.29, 1.82) is 0 Å². The fourth-order valence-electron chi connectivity index (χ4n) is 1.03. The van der Waals surface area contributed by atoms with Gasteiger partial charge in [0.05, 0.1) is 9.72 Å². The summed E-state index contributed by atoms with van der Waals surface area (Å²) in [6.07, 6.45) is 0. The molecule has 0 saturated carbocycles. The first kappa shape index (κ1) is 9.24. The Kier molecular flexibility index (Phi) is 2.65. The largest absolute Gasteiger partial charge is 0.141 e. The molecule has 0 unspecified atom stereocenters. The first-order chi connectivity index (χ1) is 5.68. The van der Waals surface area contributed by atoms with E-state index in [1.165, 1.54) is 8.27 Å². The second-order valence-electron chi connectivity index (χ2n) is 2.35. The minimum absolute atomic E-state index is 0.842. The van der Waals surface area contributed by atoms with Gasteiger partial charge in [0.15, 0.2) is 0 Å². The van der Waals surface area contributed by atoms with Crippen LogP contribution in [-0.2, 0) is 0 Å². The van der Waals surface area contributed by atoms with Gasteiger partial charge >= 0.3 is 0 Å². The average Bonchev–Trinajstić information content (AvgIpc) is 2.33. The van der Waals surface area contributed by atoms with Gasteiger partial charge in [0.25, 0.3) is 0 Å². The third kappa shape index (κ3) is 1.52. The van der Waals surface area contributed by atoms with Crippen molar-refractivity contribution in [2.45, 2.75) is 0 Å². The van der Waals surface area contributed by atoms with E-state index in [1.807, 2.05) is 5.38 Å². The number of benzene rings is 1. The van der Waals surface area contributed by atoms with Gasteiger partial charge in [-0.2, -0.15) is 0 Å². The normalized spacial score (nSPS) is 10.9. The molecule has 0 saturated heterocycles. The van der Waals surface area contributed by atoms with E-state index in [9.17, 15) is 0 Å². The van der Waals surface area contributed by atoms with Crippen molar-refractivity contribution >= 4 is 71.5 Å². The number of rotatable bonds is 0. The molecule has 1 aromatic heterocycles. The van der Waals surface area contributed by atoms with Crippen LogP contribution in [0.25, 0.3) is 10.1 Å². The van der Waals surface area contributed by atoms with Gasteiger partial charge < -0.3 is 0 Å². The van der Waals surface area contributed by atoms with Crippen LogP contribution in [0.3, 0.4) is 0 Å². The number of hydrogen-bond donors (Lipinski definition) is 0. The van der Waals surface area contributed by atoms with E-state index in [2.05, 4.69) is 50.7 Å². The molecule has 62 valence electrons. The zero-order chi connectivity index (χ0) is 8.72. The van der Waals surface area contributed by atoms with Crippen LogP contribution in [0.4, 0.5) is 0 Å². The topological polar surface area (TPSA) is 0 Å². The molecule has 0 radical (unpaired) electrons. The number of fused-ring (bicyclic) bond motifs is 1. The van der Waals surface area contributed by atoms with Gasteiger partial charge in [0.2, 0.25) is 0 Å². The molecule has 0 atom stereocenters. The lowest BCUT2D eigenvalue weighted by Gasteiger charge is -1.95. The maximum atomic E-state index is 6.00. The predicted octanol–water partition coefficient (Wildman–Crippen LogP) is 4.92. The fraction of sp³-hybridized carbons (Fsp3) is 0. The fourth-order valence-corrected chi connectivity index (χ4v) is 3.98. The molecule has 12 heavy (non-hydrogen) atoms. The Morgan fingerprint density at radius 3 is 2.92 bits per heavy atom. The van der Waals surface area contributed by atoms with Crippen molar-refractivity contribution in [1.82, 2.24) is 0 Å². The number of hydrogen-bond acceptors (Lipinski definition) is 1. The molecule has 1 aromatic carbocycles. The highest BCUT2D eigenvalue weighted by Gasteiger charge is 2.05. The second-order valence-corrected chi connectivity index (χ2v) is 5.73. The third-order valence-corrected chi connectivity index (χ3v) is 4.53. The smallest absolute Gasteiger partial charge is 0.0592 e. The number of thiophene rings is 1. The maximum Gasteiger partial charge on any atom is 0.0592 e. The molecule has 0 nitrogen and oxygen atoms in total. The summed E-state index contributed by atoms with van der Waals surface area (Å²) in [6, 6.07) is 4.19. The molecule has 1 heterocycles. The second kappa shape index (κ2) is 3.44. The molecule has 4 heteroatoms. The van der Waals surface area contributed by atoms with E-state index in [1.54, 1.807) is 11.3 Å². The van der Waals surface area contributed by atoms with E-state index in [0.29, 0.717) is 0 Å². The summed E-state index contributed by atoms with van der Waals surface area (Å²) < 4.78 is 3.55. The van der Waals surface area contributed by atoms with E-state index in [4.69, 9.17) is 11.6 Å². The predicted molar refractivity (Wildman–Crippen MR) is 67.3 cm³/mol. The van der Waals surface area contributed by atoms with E-state index < -0.39 is 0 Å². The summed E-state index contributed by atoms with van der Waals surface area (Å²) in [5, 5.41) is 3.95. The van der Waals surface area contributed by atoms with Gasteiger partial charge in [-0.05, 0) is 50.7 Å². The zero-order valence-corrected chi connectivity index (χ0v) is 11.1. The van der Waals surface area contributed by atoms with Crippen molar-refractivity contribution < 1.29 is 0 Å². The molecule has 0 aliphatic rings. The van der Waals surface area contributed by atoms with Crippen LogP contribution in [0, 0.1) is 3.57 Å². The van der Waals surface area contributed by atoms with Gasteiger partial charge in [-0.15, -0.1) is 11.3 Å². The molecule has 0 aliphatic carbocycles. The van der Waals surface area contributed by atoms with Gasteiger partial charge in [0, 0.05) is 18.8 Å². The molecule has 0 bridgehead atoms. The SMILES string of the molecule is Clc1csc2c(Br)cc(I)cc12. The van der Waals surface area contributed by atoms with Gasteiger partial charge in [0.1, 0.15) is 0 Å². The highest BCUT2D eigenvalue weighted by atomic mass is 127. The standard InChI is InChI=1S/C8H3BrClIS/c9-6-2-4(11)1-5-7(10)3-12-8(5)6/h1-3H. The molecule has 0 fully saturated rings. The lowest BCUT2D eigenvalue weighted by atomic mass is 10.3. The third-order valence-electron chi connectivity index (χ3n) is 1.55. The van der Waals surface area contributed by atoms with Crippen LogP contribution in [0.5, 0.6) is 0 Å². The minimum atomic E-state index is 0.842. The Hall–Kier alpha value is 0.680. The van der Waals surface area contributed by atoms with Crippen molar-refractivity contribution in [3.63, 3.8) is 0 Å². The zero-order valence-electron chi connectivity index (χ0n) is 5.77. The highest BCUT2D eigenvalue weighted by molar-refractivity contribution is 14.1. The molecular formula is C8H3BrClIS. The van der Waals surface area contributed by atoms with Crippen LogP contribution in [0.15, 0.2) is 22.0 Å². The van der Waals surface area contributed by atoms with Crippen molar-refractivity contribution in [2.24, 2.45) is 0 Å². The summed E-state index contributed by atoms with van der Waals surface area (Å²) in [5.41, 5.74) is 0. The lowest BCUT2D eigenvalue weighted by molar-refractivity contribution is 1.71. The highest BCUT2D eigenvalue weighted by Crippen LogP contribution is 2.36. The molecule has 2 aromatic rings. The van der Waals surface area contributed by atoms with E-state index in [0.717, 1.165) is 14.9 Å². The molecule has 0 N–H and O–H groups in total.